The van der Waals surface area contributed by atoms with Crippen LogP contribution < -0.4 is 0 Å². The molecule has 0 radical (unpaired) electrons. The minimum atomic E-state index is 0. The molecule has 0 saturated heterocycles. The Morgan fingerprint density at radius 1 is 0.280 bits per heavy atom. The standard InChI is InChI=1S/C12H10.C10H8.3CH4/c1-3-7-11(8-4-1)12-9-5-2-6-10-12;1-2-6-10-8-4-3-7-9(10)5-1;;;/h1-10H;1-8H;3*1H4. The summed E-state index contributed by atoms with van der Waals surface area (Å²) in [6.07, 6.45) is 0. The Hall–Kier alpha value is -2.86. The Morgan fingerprint density at radius 3 is 0.800 bits per heavy atom. The minimum Gasteiger partial charge on any atom is -0.0776 e. The molecule has 4 aromatic rings. The number of hydrogen-bond donors (Lipinski definition) is 0. The van der Waals surface area contributed by atoms with Gasteiger partial charge in [0.25, 0.3) is 0 Å². The highest BCUT2D eigenvalue weighted by molar-refractivity contribution is 5.82. The summed E-state index contributed by atoms with van der Waals surface area (Å²) < 4.78 is 0. The predicted molar refractivity (Wildman–Crippen MR) is 116 cm³/mol. The molecule has 130 valence electrons. The minimum absolute atomic E-state index is 0. The van der Waals surface area contributed by atoms with Gasteiger partial charge in [-0.2, -0.15) is 0 Å². The van der Waals surface area contributed by atoms with Crippen molar-refractivity contribution in [3.63, 3.8) is 0 Å². The van der Waals surface area contributed by atoms with Gasteiger partial charge >= 0.3 is 0 Å². The third-order valence-corrected chi connectivity index (χ3v) is 3.54. The molecule has 0 saturated carbocycles. The average molecular weight is 331 g/mol. The number of rotatable bonds is 1. The summed E-state index contributed by atoms with van der Waals surface area (Å²) >= 11 is 0. The zero-order valence-corrected chi connectivity index (χ0v) is 12.4. The molecule has 0 spiro atoms. The van der Waals surface area contributed by atoms with Crippen LogP contribution in [-0.2, 0) is 0 Å². The van der Waals surface area contributed by atoms with Crippen molar-refractivity contribution in [2.75, 3.05) is 0 Å². The van der Waals surface area contributed by atoms with Crippen LogP contribution in [0.5, 0.6) is 0 Å². The lowest BCUT2D eigenvalue weighted by atomic mass is 10.1. The molecule has 0 heterocycles. The summed E-state index contributed by atoms with van der Waals surface area (Å²) in [5, 5.41) is 2.62. The second-order valence-electron chi connectivity index (χ2n) is 5.08. The first-order valence-corrected chi connectivity index (χ1v) is 7.48. The second kappa shape index (κ2) is 11.6. The van der Waals surface area contributed by atoms with Gasteiger partial charge in [0, 0.05) is 0 Å². The molecule has 0 unspecified atom stereocenters. The maximum absolute atomic E-state index is 2.12. The molecule has 0 aromatic heterocycles. The van der Waals surface area contributed by atoms with Gasteiger partial charge in [-0.3, -0.25) is 0 Å². The van der Waals surface area contributed by atoms with Crippen LogP contribution in [0, 0.1) is 0 Å². The molecule has 4 aromatic carbocycles. The van der Waals surface area contributed by atoms with Gasteiger partial charge in [0.1, 0.15) is 0 Å². The fourth-order valence-electron chi connectivity index (χ4n) is 2.39. The van der Waals surface area contributed by atoms with Gasteiger partial charge < -0.3 is 0 Å². The molecule has 0 atom stereocenters. The third kappa shape index (κ3) is 6.27. The third-order valence-electron chi connectivity index (χ3n) is 3.54. The van der Waals surface area contributed by atoms with Crippen molar-refractivity contribution in [1.82, 2.24) is 0 Å². The average Bonchev–Trinajstić information content (AvgIpc) is 2.64. The van der Waals surface area contributed by atoms with E-state index in [9.17, 15) is 0 Å². The smallest absolute Gasteiger partial charge is 0.0184 e. The summed E-state index contributed by atoms with van der Waals surface area (Å²) in [5.41, 5.74) is 2.55. The summed E-state index contributed by atoms with van der Waals surface area (Å²) in [7, 11) is 0. The molecule has 0 amide bonds. The molecular weight excluding hydrogens is 300 g/mol. The van der Waals surface area contributed by atoms with E-state index < -0.39 is 0 Å². The maximum atomic E-state index is 2.12. The van der Waals surface area contributed by atoms with E-state index in [1.54, 1.807) is 0 Å². The van der Waals surface area contributed by atoms with E-state index in [0.29, 0.717) is 0 Å². The zero-order valence-electron chi connectivity index (χ0n) is 12.4. The molecule has 4 rings (SSSR count). The highest BCUT2D eigenvalue weighted by Crippen LogP contribution is 2.17. The molecule has 0 aliphatic heterocycles. The first-order valence-electron chi connectivity index (χ1n) is 7.48. The number of benzene rings is 4. The van der Waals surface area contributed by atoms with Crippen LogP contribution in [-0.4, -0.2) is 0 Å². The van der Waals surface area contributed by atoms with Gasteiger partial charge in [0.05, 0.1) is 0 Å². The molecular formula is C25H30. The first kappa shape index (κ1) is 22.1. The highest BCUT2D eigenvalue weighted by Gasteiger charge is 1.91. The Balaban J connectivity index is 0.000000416. The molecule has 0 heteroatoms. The van der Waals surface area contributed by atoms with E-state index in [0.717, 1.165) is 0 Å². The second-order valence-corrected chi connectivity index (χ2v) is 5.08. The Kier molecular flexibility index (Phi) is 10.3. The molecule has 0 fully saturated rings. The van der Waals surface area contributed by atoms with Crippen LogP contribution in [0.25, 0.3) is 21.9 Å². The predicted octanol–water partition coefficient (Wildman–Crippen LogP) is 8.10. The molecule has 0 aliphatic carbocycles. The Labute approximate surface area is 153 Å². The van der Waals surface area contributed by atoms with Crippen molar-refractivity contribution in [3.05, 3.63) is 109 Å². The normalized spacial score (nSPS) is 8.64. The summed E-state index contributed by atoms with van der Waals surface area (Å²) in [4.78, 5) is 0. The fraction of sp³-hybridized carbons (Fsp3) is 0.120. The zero-order chi connectivity index (χ0) is 15.0. The van der Waals surface area contributed by atoms with E-state index in [2.05, 4.69) is 97.1 Å². The fourth-order valence-corrected chi connectivity index (χ4v) is 2.39. The van der Waals surface area contributed by atoms with Crippen LogP contribution in [0.1, 0.15) is 22.3 Å². The maximum Gasteiger partial charge on any atom is -0.0184 e. The first-order chi connectivity index (χ1) is 10.9. The van der Waals surface area contributed by atoms with Crippen LogP contribution >= 0.6 is 0 Å². The molecule has 0 aliphatic rings. The van der Waals surface area contributed by atoms with Gasteiger partial charge in [-0.25, -0.2) is 0 Å². The lowest BCUT2D eigenvalue weighted by Gasteiger charge is -1.98. The SMILES string of the molecule is C.C.C.c1ccc(-c2ccccc2)cc1.c1ccc2ccccc2c1. The van der Waals surface area contributed by atoms with Gasteiger partial charge in [0.15, 0.2) is 0 Å². The molecule has 0 N–H and O–H groups in total. The molecule has 25 heavy (non-hydrogen) atoms. The van der Waals surface area contributed by atoms with Crippen molar-refractivity contribution in [1.29, 1.82) is 0 Å². The van der Waals surface area contributed by atoms with Crippen molar-refractivity contribution in [2.24, 2.45) is 0 Å². The quantitative estimate of drug-likeness (QED) is 0.330. The van der Waals surface area contributed by atoms with E-state index in [4.69, 9.17) is 0 Å². The summed E-state index contributed by atoms with van der Waals surface area (Å²) in [6, 6.07) is 37.5. The van der Waals surface area contributed by atoms with Crippen molar-refractivity contribution >= 4 is 10.8 Å². The van der Waals surface area contributed by atoms with Crippen molar-refractivity contribution in [2.45, 2.75) is 22.3 Å². The van der Waals surface area contributed by atoms with Crippen molar-refractivity contribution in [3.8, 4) is 11.1 Å². The van der Waals surface area contributed by atoms with E-state index in [1.807, 2.05) is 12.1 Å². The van der Waals surface area contributed by atoms with Gasteiger partial charge in [-0.1, -0.05) is 131 Å². The largest absolute Gasteiger partial charge is 0.0776 e. The highest BCUT2D eigenvalue weighted by atomic mass is 14.0. The lowest BCUT2D eigenvalue weighted by molar-refractivity contribution is 1.62. The number of hydrogen-bond acceptors (Lipinski definition) is 0. The van der Waals surface area contributed by atoms with Crippen molar-refractivity contribution < 1.29 is 0 Å². The number of fused-ring (bicyclic) bond motifs is 1. The monoisotopic (exact) mass is 330 g/mol. The molecule has 0 nitrogen and oxygen atoms in total. The van der Waals surface area contributed by atoms with Crippen LogP contribution in [0.2, 0.25) is 0 Å². The van der Waals surface area contributed by atoms with E-state index in [1.165, 1.54) is 21.9 Å². The van der Waals surface area contributed by atoms with Crippen LogP contribution in [0.4, 0.5) is 0 Å². The van der Waals surface area contributed by atoms with Crippen LogP contribution in [0.3, 0.4) is 0 Å². The summed E-state index contributed by atoms with van der Waals surface area (Å²) in [5.74, 6) is 0. The van der Waals surface area contributed by atoms with Gasteiger partial charge in [-0.15, -0.1) is 0 Å². The van der Waals surface area contributed by atoms with Crippen LogP contribution in [0.15, 0.2) is 109 Å². The Morgan fingerprint density at radius 2 is 0.520 bits per heavy atom. The molecule has 0 bridgehead atoms. The summed E-state index contributed by atoms with van der Waals surface area (Å²) in [6.45, 7) is 0. The van der Waals surface area contributed by atoms with Gasteiger partial charge in [-0.05, 0) is 21.9 Å². The van der Waals surface area contributed by atoms with E-state index >= 15 is 0 Å². The Bertz CT molecular complexity index is 715. The topological polar surface area (TPSA) is 0 Å². The van der Waals surface area contributed by atoms with Gasteiger partial charge in [0.2, 0.25) is 0 Å². The lowest BCUT2D eigenvalue weighted by Crippen LogP contribution is -1.73. The van der Waals surface area contributed by atoms with E-state index in [-0.39, 0.29) is 22.3 Å².